The molecule has 28 heavy (non-hydrogen) atoms. The lowest BCUT2D eigenvalue weighted by molar-refractivity contribution is 0.175. The van der Waals surface area contributed by atoms with Gasteiger partial charge in [-0.1, -0.05) is 38.5 Å². The Morgan fingerprint density at radius 1 is 1.29 bits per heavy atom. The lowest BCUT2D eigenvalue weighted by atomic mass is 9.83. The average Bonchev–Trinajstić information content (AvgIpc) is 2.62. The van der Waals surface area contributed by atoms with E-state index < -0.39 is 19.8 Å². The molecule has 1 aromatic carbocycles. The highest BCUT2D eigenvalue weighted by Crippen LogP contribution is 2.46. The first-order valence-electron chi connectivity index (χ1n) is 9.42. The average molecular weight is 409 g/mol. The van der Waals surface area contributed by atoms with Gasteiger partial charge in [0, 0.05) is 17.9 Å². The largest absolute Gasteiger partial charge is 0.508 e. The minimum atomic E-state index is -4.26. The van der Waals surface area contributed by atoms with Crippen LogP contribution in [0.1, 0.15) is 51.0 Å². The van der Waals surface area contributed by atoms with E-state index >= 15 is 0 Å². The van der Waals surface area contributed by atoms with Crippen LogP contribution in [0.25, 0.3) is 0 Å². The van der Waals surface area contributed by atoms with Crippen LogP contribution in [0.15, 0.2) is 52.5 Å². The first kappa shape index (κ1) is 22.4. The van der Waals surface area contributed by atoms with Crippen LogP contribution in [0.5, 0.6) is 5.75 Å². The lowest BCUT2D eigenvalue weighted by Gasteiger charge is -2.27. The highest BCUT2D eigenvalue weighted by Gasteiger charge is 2.32. The van der Waals surface area contributed by atoms with Gasteiger partial charge in [-0.3, -0.25) is 4.52 Å². The van der Waals surface area contributed by atoms with Crippen LogP contribution < -0.4 is 0 Å². The fraction of sp³-hybridized carbons (Fsp3) is 0.450. The maximum absolute atomic E-state index is 12.3. The fourth-order valence-corrected chi connectivity index (χ4v) is 4.07. The maximum Gasteiger partial charge on any atom is 0.451 e. The van der Waals surface area contributed by atoms with Gasteiger partial charge in [-0.05, 0) is 36.6 Å². The van der Waals surface area contributed by atoms with Crippen molar-refractivity contribution in [3.05, 3.63) is 53.3 Å². The first-order chi connectivity index (χ1) is 13.3. The fourth-order valence-electron chi connectivity index (χ4n) is 3.15. The monoisotopic (exact) mass is 409 g/mol. The Kier molecular flexibility index (Phi) is 8.01. The number of unbranched alkanes of at least 4 members (excludes halogenated alkanes) is 1. The van der Waals surface area contributed by atoms with Crippen molar-refractivity contribution in [2.24, 2.45) is 4.76 Å². The molecule has 0 heterocycles. The van der Waals surface area contributed by atoms with E-state index in [1.165, 1.54) is 12.1 Å². The molecule has 0 bridgehead atoms. The highest BCUT2D eigenvalue weighted by molar-refractivity contribution is 7.51. The Hall–Kier alpha value is -1.92. The summed E-state index contributed by atoms with van der Waals surface area (Å²) in [6, 6.07) is 6.53. The summed E-state index contributed by atoms with van der Waals surface area (Å²) in [5, 5.41) is 31.1. The molecular formula is C20H28NO6P. The third-order valence-corrected chi connectivity index (χ3v) is 5.61. The van der Waals surface area contributed by atoms with Crippen molar-refractivity contribution in [2.45, 2.75) is 51.6 Å². The summed E-state index contributed by atoms with van der Waals surface area (Å²) in [5.41, 5.74) is 0.912. The topological polar surface area (TPSA) is 120 Å². The van der Waals surface area contributed by atoms with Crippen LogP contribution in [-0.4, -0.2) is 38.6 Å². The molecular weight excluding hydrogens is 381 g/mol. The van der Waals surface area contributed by atoms with Crippen LogP contribution in [-0.2, 0) is 9.09 Å². The molecule has 0 saturated carbocycles. The van der Waals surface area contributed by atoms with Gasteiger partial charge in [0.25, 0.3) is 0 Å². The Morgan fingerprint density at radius 3 is 2.68 bits per heavy atom. The second kappa shape index (κ2) is 10.0. The van der Waals surface area contributed by atoms with Gasteiger partial charge >= 0.3 is 7.75 Å². The number of aliphatic hydroxyl groups excluding tert-OH is 2. The molecule has 8 heteroatoms. The molecule has 0 aliphatic heterocycles. The Bertz CT molecular complexity index is 817. The van der Waals surface area contributed by atoms with Gasteiger partial charge in [0.05, 0.1) is 18.4 Å². The number of hydrogen-bond acceptors (Lipinski definition) is 5. The summed E-state index contributed by atoms with van der Waals surface area (Å²) in [7, 11) is -4.26. The molecule has 0 aromatic heterocycles. The van der Waals surface area contributed by atoms with Crippen LogP contribution in [0.2, 0.25) is 0 Å². The molecule has 4 N–H and O–H groups in total. The molecule has 0 radical (unpaired) electrons. The van der Waals surface area contributed by atoms with Crippen molar-refractivity contribution < 1.29 is 29.3 Å². The molecule has 0 fully saturated rings. The molecule has 0 spiro atoms. The molecule has 0 saturated heterocycles. The molecule has 2 rings (SSSR count). The zero-order chi connectivity index (χ0) is 20.7. The Balaban J connectivity index is 2.36. The van der Waals surface area contributed by atoms with Crippen molar-refractivity contribution in [2.75, 3.05) is 6.61 Å². The summed E-state index contributed by atoms with van der Waals surface area (Å²) in [5.74, 6) is -0.576. The zero-order valence-electron chi connectivity index (χ0n) is 16.2. The van der Waals surface area contributed by atoms with Crippen LogP contribution in [0, 0.1) is 0 Å². The third kappa shape index (κ3) is 5.79. The number of phenolic OH excluding ortho intramolecular Hbond substituents is 1. The second-order valence-corrected chi connectivity index (χ2v) is 8.12. The van der Waals surface area contributed by atoms with Gasteiger partial charge in [-0.15, -0.1) is 0 Å². The normalized spacial score (nSPS) is 20.2. The highest BCUT2D eigenvalue weighted by atomic mass is 31.2. The minimum absolute atomic E-state index is 0.0722. The van der Waals surface area contributed by atoms with Gasteiger partial charge < -0.3 is 20.2 Å². The van der Waals surface area contributed by atoms with Crippen LogP contribution in [0.4, 0.5) is 0 Å². The van der Waals surface area contributed by atoms with Crippen LogP contribution >= 0.6 is 7.75 Å². The summed E-state index contributed by atoms with van der Waals surface area (Å²) in [4.78, 5) is 10.0. The number of phenols is 1. The number of benzene rings is 1. The molecule has 1 aliphatic rings. The van der Waals surface area contributed by atoms with Crippen molar-refractivity contribution in [3.63, 3.8) is 0 Å². The number of rotatable bonds is 9. The molecule has 0 amide bonds. The predicted octanol–water partition coefficient (Wildman–Crippen LogP) is 4.38. The molecule has 3 atom stereocenters. The number of hydrogen-bond donors (Lipinski definition) is 4. The van der Waals surface area contributed by atoms with E-state index in [9.17, 15) is 24.8 Å². The number of allylic oxidation sites excluding steroid dienone is 2. The van der Waals surface area contributed by atoms with E-state index in [1.54, 1.807) is 24.3 Å². The van der Waals surface area contributed by atoms with E-state index in [0.717, 1.165) is 6.42 Å². The smallest absolute Gasteiger partial charge is 0.451 e. The Morgan fingerprint density at radius 2 is 2.04 bits per heavy atom. The van der Waals surface area contributed by atoms with E-state index in [2.05, 4.69) is 4.76 Å². The Labute approximate surface area is 165 Å². The molecule has 3 unspecified atom stereocenters. The van der Waals surface area contributed by atoms with E-state index in [0.29, 0.717) is 18.4 Å². The van der Waals surface area contributed by atoms with Gasteiger partial charge in [-0.2, -0.15) is 4.76 Å². The van der Waals surface area contributed by atoms with Crippen molar-refractivity contribution in [1.82, 2.24) is 0 Å². The molecule has 1 aliphatic carbocycles. The second-order valence-electron chi connectivity index (χ2n) is 6.68. The summed E-state index contributed by atoms with van der Waals surface area (Å²) >= 11 is 0. The third-order valence-electron chi connectivity index (χ3n) is 4.59. The first-order valence-corrected chi connectivity index (χ1v) is 11.0. The SMILES string of the molecule is CCCCOP(=O)(O)N=C1CC=CC(O)=C1C(O)C(CC)c1cccc(O)c1. The minimum Gasteiger partial charge on any atom is -0.508 e. The quantitative estimate of drug-likeness (QED) is 0.355. The lowest BCUT2D eigenvalue weighted by Crippen LogP contribution is -2.28. The van der Waals surface area contributed by atoms with Gasteiger partial charge in [0.15, 0.2) is 0 Å². The van der Waals surface area contributed by atoms with Gasteiger partial charge in [0.2, 0.25) is 0 Å². The maximum atomic E-state index is 12.3. The summed E-state index contributed by atoms with van der Waals surface area (Å²) in [6.45, 7) is 3.91. The van der Waals surface area contributed by atoms with Crippen LogP contribution in [0.3, 0.4) is 0 Å². The number of nitrogens with zero attached hydrogens (tertiary/aromatic N) is 1. The molecule has 1 aromatic rings. The van der Waals surface area contributed by atoms with E-state index in [1.807, 2.05) is 13.8 Å². The van der Waals surface area contributed by atoms with Crippen molar-refractivity contribution in [1.29, 1.82) is 0 Å². The predicted molar refractivity (Wildman–Crippen MR) is 109 cm³/mol. The van der Waals surface area contributed by atoms with Crippen molar-refractivity contribution in [3.8, 4) is 5.75 Å². The van der Waals surface area contributed by atoms with Gasteiger partial charge in [-0.25, -0.2) is 4.57 Å². The summed E-state index contributed by atoms with van der Waals surface area (Å²) < 4.78 is 21.1. The summed E-state index contributed by atoms with van der Waals surface area (Å²) in [6.07, 6.45) is 4.01. The zero-order valence-corrected chi connectivity index (χ0v) is 17.0. The van der Waals surface area contributed by atoms with E-state index in [-0.39, 0.29) is 35.8 Å². The number of aliphatic hydroxyl groups is 2. The van der Waals surface area contributed by atoms with Crippen molar-refractivity contribution >= 4 is 13.5 Å². The number of aromatic hydroxyl groups is 1. The van der Waals surface area contributed by atoms with Gasteiger partial charge in [0.1, 0.15) is 11.5 Å². The molecule has 154 valence electrons. The van der Waals surface area contributed by atoms with E-state index in [4.69, 9.17) is 4.52 Å². The standard InChI is InChI=1S/C20H28NO6P/c1-3-5-12-27-28(25,26)21-17-10-7-11-18(23)19(17)20(24)16(4-2)14-8-6-9-15(22)13-14/h6-9,11,13,16,20,22-24H,3-5,10,12H2,1-2H3,(H,25,26). The molecule has 7 nitrogen and oxygen atoms in total.